The first-order chi connectivity index (χ1) is 8.81. The zero-order valence-electron chi connectivity index (χ0n) is 10.7. The number of benzene rings is 1. The minimum absolute atomic E-state index is 0.143. The van der Waals surface area contributed by atoms with Crippen LogP contribution in [0.4, 0.5) is 5.88 Å². The van der Waals surface area contributed by atoms with Gasteiger partial charge in [0.2, 0.25) is 5.88 Å². The summed E-state index contributed by atoms with van der Waals surface area (Å²) in [4.78, 5) is 0.159. The number of aromatic nitrogens is 1. The number of rotatable bonds is 3. The van der Waals surface area contributed by atoms with E-state index in [0.29, 0.717) is 15.7 Å². The smallest absolute Gasteiger partial charge is 0.265 e. The van der Waals surface area contributed by atoms with Crippen LogP contribution in [0.2, 0.25) is 0 Å². The molecule has 0 radical (unpaired) electrons. The molecule has 2 rings (SSSR count). The second kappa shape index (κ2) is 4.97. The average molecular weight is 345 g/mol. The van der Waals surface area contributed by atoms with Gasteiger partial charge in [-0.1, -0.05) is 11.2 Å². The minimum atomic E-state index is -3.70. The van der Waals surface area contributed by atoms with E-state index >= 15 is 0 Å². The van der Waals surface area contributed by atoms with E-state index in [1.165, 1.54) is 0 Å². The van der Waals surface area contributed by atoms with Crippen LogP contribution in [0.3, 0.4) is 0 Å². The second-order valence-corrected chi connectivity index (χ2v) is 6.77. The molecule has 0 unspecified atom stereocenters. The van der Waals surface area contributed by atoms with E-state index in [-0.39, 0.29) is 10.8 Å². The Morgan fingerprint density at radius 2 is 1.95 bits per heavy atom. The summed E-state index contributed by atoms with van der Waals surface area (Å²) in [5.41, 5.74) is 2.30. The number of aryl methyl sites for hydroxylation is 2. The van der Waals surface area contributed by atoms with Crippen molar-refractivity contribution in [3.05, 3.63) is 39.5 Å². The Balaban J connectivity index is 2.41. The van der Waals surface area contributed by atoms with E-state index in [0.717, 1.165) is 5.56 Å². The Morgan fingerprint density at radius 3 is 2.47 bits per heavy atom. The van der Waals surface area contributed by atoms with Gasteiger partial charge in [0.25, 0.3) is 10.0 Å². The van der Waals surface area contributed by atoms with Crippen molar-refractivity contribution in [3.63, 3.8) is 0 Å². The predicted molar refractivity (Wildman–Crippen MR) is 75.7 cm³/mol. The van der Waals surface area contributed by atoms with Gasteiger partial charge in [0.05, 0.1) is 5.69 Å². The monoisotopic (exact) mass is 344 g/mol. The molecule has 0 bridgehead atoms. The summed E-state index contributed by atoms with van der Waals surface area (Å²) in [7, 11) is -3.70. The quantitative estimate of drug-likeness (QED) is 0.928. The molecule has 0 aliphatic heterocycles. The molecule has 0 fully saturated rings. The van der Waals surface area contributed by atoms with Gasteiger partial charge in [-0.2, -0.15) is 0 Å². The third-order valence-corrected chi connectivity index (χ3v) is 5.07. The van der Waals surface area contributed by atoms with E-state index in [1.54, 1.807) is 32.0 Å². The molecule has 0 aliphatic rings. The summed E-state index contributed by atoms with van der Waals surface area (Å²) in [6.07, 6.45) is 0. The van der Waals surface area contributed by atoms with E-state index in [9.17, 15) is 8.42 Å². The molecule has 0 saturated carbocycles. The van der Waals surface area contributed by atoms with Gasteiger partial charge in [-0.15, -0.1) is 0 Å². The molecule has 5 nitrogen and oxygen atoms in total. The van der Waals surface area contributed by atoms with Gasteiger partial charge in [0.15, 0.2) is 0 Å². The SMILES string of the molecule is Cc1ccc(S(=O)(=O)Nc2onc(C)c2C)c(Br)c1. The first kappa shape index (κ1) is 14.1. The summed E-state index contributed by atoms with van der Waals surface area (Å²) in [5.74, 6) is 0.143. The van der Waals surface area contributed by atoms with Crippen LogP contribution >= 0.6 is 15.9 Å². The maximum atomic E-state index is 12.3. The zero-order valence-corrected chi connectivity index (χ0v) is 13.1. The van der Waals surface area contributed by atoms with E-state index < -0.39 is 10.0 Å². The van der Waals surface area contributed by atoms with Crippen LogP contribution in [0.1, 0.15) is 16.8 Å². The molecule has 102 valence electrons. The lowest BCUT2D eigenvalue weighted by atomic mass is 10.2. The van der Waals surface area contributed by atoms with Gasteiger partial charge in [0.1, 0.15) is 4.90 Å². The van der Waals surface area contributed by atoms with E-state index in [1.807, 2.05) is 6.92 Å². The van der Waals surface area contributed by atoms with Crippen LogP contribution in [0.15, 0.2) is 32.1 Å². The van der Waals surface area contributed by atoms with Crippen LogP contribution in [0.25, 0.3) is 0 Å². The molecular formula is C12H13BrN2O3S. The highest BCUT2D eigenvalue weighted by Crippen LogP contribution is 2.27. The maximum absolute atomic E-state index is 12.3. The third-order valence-electron chi connectivity index (χ3n) is 2.76. The number of nitrogens with zero attached hydrogens (tertiary/aromatic N) is 1. The molecule has 1 aromatic carbocycles. The summed E-state index contributed by atoms with van der Waals surface area (Å²) >= 11 is 3.25. The number of hydrogen-bond acceptors (Lipinski definition) is 4. The van der Waals surface area contributed by atoms with Crippen molar-refractivity contribution in [2.75, 3.05) is 4.72 Å². The van der Waals surface area contributed by atoms with Crippen molar-refractivity contribution in [1.82, 2.24) is 5.16 Å². The van der Waals surface area contributed by atoms with Gasteiger partial charge in [-0.25, -0.2) is 13.1 Å². The highest BCUT2D eigenvalue weighted by atomic mass is 79.9. The molecule has 0 spiro atoms. The van der Waals surface area contributed by atoms with Gasteiger partial charge < -0.3 is 4.52 Å². The molecule has 2 aromatic rings. The first-order valence-corrected chi connectivity index (χ1v) is 7.81. The maximum Gasteiger partial charge on any atom is 0.265 e. The Morgan fingerprint density at radius 1 is 1.26 bits per heavy atom. The van der Waals surface area contributed by atoms with Crippen molar-refractivity contribution < 1.29 is 12.9 Å². The van der Waals surface area contributed by atoms with Crippen molar-refractivity contribution in [2.45, 2.75) is 25.7 Å². The van der Waals surface area contributed by atoms with Crippen LogP contribution in [-0.2, 0) is 10.0 Å². The van der Waals surface area contributed by atoms with Crippen molar-refractivity contribution in [1.29, 1.82) is 0 Å². The number of anilines is 1. The first-order valence-electron chi connectivity index (χ1n) is 5.53. The molecule has 0 saturated heterocycles. The lowest BCUT2D eigenvalue weighted by Gasteiger charge is -2.08. The van der Waals surface area contributed by atoms with Gasteiger partial charge in [0, 0.05) is 10.0 Å². The van der Waals surface area contributed by atoms with Crippen LogP contribution in [-0.4, -0.2) is 13.6 Å². The fourth-order valence-corrected chi connectivity index (χ4v) is 3.75. The summed E-state index contributed by atoms with van der Waals surface area (Å²) in [6, 6.07) is 5.02. The molecule has 7 heteroatoms. The van der Waals surface area contributed by atoms with Gasteiger partial charge in [-0.05, 0) is 54.4 Å². The Hall–Kier alpha value is -1.34. The van der Waals surface area contributed by atoms with E-state index in [4.69, 9.17) is 4.52 Å². The number of halogens is 1. The normalized spacial score (nSPS) is 11.6. The molecular weight excluding hydrogens is 332 g/mol. The van der Waals surface area contributed by atoms with Crippen molar-refractivity contribution in [2.24, 2.45) is 0 Å². The summed E-state index contributed by atoms with van der Waals surface area (Å²) in [5, 5.41) is 3.72. The molecule has 1 heterocycles. The van der Waals surface area contributed by atoms with Crippen molar-refractivity contribution >= 4 is 31.8 Å². The standard InChI is InChI=1S/C12H13BrN2O3S/c1-7-4-5-11(10(13)6-7)19(16,17)15-12-8(2)9(3)14-18-12/h4-6,15H,1-3H3. The Bertz CT molecular complexity index is 723. The highest BCUT2D eigenvalue weighted by Gasteiger charge is 2.21. The molecule has 1 aromatic heterocycles. The number of hydrogen-bond donors (Lipinski definition) is 1. The molecule has 1 N–H and O–H groups in total. The largest absolute Gasteiger partial charge is 0.337 e. The topological polar surface area (TPSA) is 72.2 Å². The molecule has 0 atom stereocenters. The number of nitrogens with one attached hydrogen (secondary N) is 1. The van der Waals surface area contributed by atoms with Crippen LogP contribution in [0, 0.1) is 20.8 Å². The second-order valence-electron chi connectivity index (χ2n) is 4.26. The fourth-order valence-electron chi connectivity index (χ4n) is 1.51. The highest BCUT2D eigenvalue weighted by molar-refractivity contribution is 9.10. The third kappa shape index (κ3) is 2.82. The average Bonchev–Trinajstić information content (AvgIpc) is 2.60. The Labute approximate surface area is 120 Å². The van der Waals surface area contributed by atoms with Gasteiger partial charge in [-0.3, -0.25) is 0 Å². The predicted octanol–water partition coefficient (Wildman–Crippen LogP) is 3.16. The number of sulfonamides is 1. The molecule has 19 heavy (non-hydrogen) atoms. The lowest BCUT2D eigenvalue weighted by Crippen LogP contribution is -2.13. The fraction of sp³-hybridized carbons (Fsp3) is 0.250. The van der Waals surface area contributed by atoms with E-state index in [2.05, 4.69) is 25.8 Å². The molecule has 0 amide bonds. The van der Waals surface area contributed by atoms with Crippen molar-refractivity contribution in [3.8, 4) is 0 Å². The lowest BCUT2D eigenvalue weighted by molar-refractivity contribution is 0.430. The zero-order chi connectivity index (χ0) is 14.2. The minimum Gasteiger partial charge on any atom is -0.337 e. The van der Waals surface area contributed by atoms with Crippen LogP contribution < -0.4 is 4.72 Å². The summed E-state index contributed by atoms with van der Waals surface area (Å²) in [6.45, 7) is 5.38. The molecule has 0 aliphatic carbocycles. The van der Waals surface area contributed by atoms with Gasteiger partial charge >= 0.3 is 0 Å². The van der Waals surface area contributed by atoms with Crippen LogP contribution in [0.5, 0.6) is 0 Å². The summed E-state index contributed by atoms with van der Waals surface area (Å²) < 4.78 is 32.4. The Kier molecular flexibility index (Phi) is 3.69.